The highest BCUT2D eigenvalue weighted by atomic mass is 79.9. The maximum absolute atomic E-state index is 13.1. The highest BCUT2D eigenvalue weighted by Gasteiger charge is 2.18. The summed E-state index contributed by atoms with van der Waals surface area (Å²) < 4.78 is 6.25. The topological polar surface area (TPSA) is 67.4 Å². The number of rotatable bonds is 5. The third kappa shape index (κ3) is 4.36. The second kappa shape index (κ2) is 9.24. The van der Waals surface area contributed by atoms with Crippen LogP contribution < -0.4 is 15.4 Å². The largest absolute Gasteiger partial charge is 0.495 e. The molecule has 0 aliphatic heterocycles. The molecular formula is C26H21BrN2O3. The zero-order valence-corrected chi connectivity index (χ0v) is 19.2. The number of ether oxygens (including phenoxy) is 1. The van der Waals surface area contributed by atoms with Gasteiger partial charge in [-0.1, -0.05) is 42.5 Å². The van der Waals surface area contributed by atoms with Gasteiger partial charge in [0.1, 0.15) is 5.75 Å². The molecule has 0 saturated carbocycles. The van der Waals surface area contributed by atoms with Crippen molar-refractivity contribution in [1.29, 1.82) is 0 Å². The van der Waals surface area contributed by atoms with Crippen LogP contribution in [0.5, 0.6) is 5.75 Å². The van der Waals surface area contributed by atoms with Gasteiger partial charge in [0.2, 0.25) is 0 Å². The Morgan fingerprint density at radius 2 is 1.56 bits per heavy atom. The van der Waals surface area contributed by atoms with Crippen molar-refractivity contribution in [3.8, 4) is 5.75 Å². The normalized spacial score (nSPS) is 10.6. The molecular weight excluding hydrogens is 468 g/mol. The summed E-state index contributed by atoms with van der Waals surface area (Å²) in [6.07, 6.45) is 0. The van der Waals surface area contributed by atoms with Gasteiger partial charge in [-0.2, -0.15) is 0 Å². The van der Waals surface area contributed by atoms with Gasteiger partial charge in [-0.3, -0.25) is 9.59 Å². The molecule has 0 bridgehead atoms. The summed E-state index contributed by atoms with van der Waals surface area (Å²) in [6.45, 7) is 1.88. The lowest BCUT2D eigenvalue weighted by Crippen LogP contribution is -2.15. The van der Waals surface area contributed by atoms with Crippen LogP contribution in [0.1, 0.15) is 26.3 Å². The minimum absolute atomic E-state index is 0.184. The molecule has 0 aromatic heterocycles. The van der Waals surface area contributed by atoms with E-state index < -0.39 is 0 Å². The number of benzene rings is 4. The van der Waals surface area contributed by atoms with E-state index in [4.69, 9.17) is 4.74 Å². The fourth-order valence-corrected chi connectivity index (χ4v) is 4.25. The lowest BCUT2D eigenvalue weighted by molar-refractivity contribution is 0.101. The number of anilines is 2. The summed E-state index contributed by atoms with van der Waals surface area (Å²) in [5.74, 6) is 0.00896. The van der Waals surface area contributed by atoms with Crippen molar-refractivity contribution in [1.82, 2.24) is 0 Å². The van der Waals surface area contributed by atoms with E-state index in [1.54, 1.807) is 31.4 Å². The van der Waals surface area contributed by atoms with Gasteiger partial charge in [0.15, 0.2) is 0 Å². The van der Waals surface area contributed by atoms with Crippen molar-refractivity contribution < 1.29 is 14.3 Å². The van der Waals surface area contributed by atoms with Crippen molar-refractivity contribution in [3.05, 3.63) is 100 Å². The fraction of sp³-hybridized carbons (Fsp3) is 0.0769. The second-order valence-electron chi connectivity index (χ2n) is 7.30. The number of halogens is 1. The highest BCUT2D eigenvalue weighted by Crippen LogP contribution is 2.37. The van der Waals surface area contributed by atoms with Crippen molar-refractivity contribution in [2.24, 2.45) is 0 Å². The summed E-state index contributed by atoms with van der Waals surface area (Å²) in [5, 5.41) is 7.73. The molecule has 4 aromatic carbocycles. The van der Waals surface area contributed by atoms with Gasteiger partial charge in [0.05, 0.1) is 17.1 Å². The molecule has 0 saturated heterocycles. The first kappa shape index (κ1) is 21.6. The molecule has 0 aliphatic rings. The van der Waals surface area contributed by atoms with E-state index in [9.17, 15) is 9.59 Å². The SMILES string of the molecule is COc1c(C(=O)Nc2ccc(NC(=O)c3ccccc3)c(C)c2)cc2ccccc2c1Br. The molecule has 2 N–H and O–H groups in total. The Hall–Kier alpha value is -3.64. The lowest BCUT2D eigenvalue weighted by Gasteiger charge is -2.15. The van der Waals surface area contributed by atoms with Crippen molar-refractivity contribution in [3.63, 3.8) is 0 Å². The molecule has 6 heteroatoms. The Bertz CT molecular complexity index is 1320. The first-order valence-corrected chi connectivity index (χ1v) is 10.8. The minimum atomic E-state index is -0.284. The summed E-state index contributed by atoms with van der Waals surface area (Å²) in [6, 6.07) is 24.0. The standard InChI is InChI=1S/C26H21BrN2O3/c1-16-14-19(12-13-22(16)29-25(30)17-8-4-3-5-9-17)28-26(31)21-15-18-10-6-7-11-20(18)23(27)24(21)32-2/h3-15H,1-2H3,(H,28,31)(H,29,30). The maximum Gasteiger partial charge on any atom is 0.259 e. The molecule has 5 nitrogen and oxygen atoms in total. The number of amides is 2. The number of methoxy groups -OCH3 is 1. The molecule has 32 heavy (non-hydrogen) atoms. The summed E-state index contributed by atoms with van der Waals surface area (Å²) >= 11 is 3.56. The van der Waals surface area contributed by atoms with E-state index in [1.807, 2.05) is 61.5 Å². The lowest BCUT2D eigenvalue weighted by atomic mass is 10.0. The van der Waals surface area contributed by atoms with Gasteiger partial charge in [0.25, 0.3) is 11.8 Å². The second-order valence-corrected chi connectivity index (χ2v) is 8.09. The van der Waals surface area contributed by atoms with Crippen LogP contribution in [0.4, 0.5) is 11.4 Å². The van der Waals surface area contributed by atoms with Crippen LogP contribution in [-0.2, 0) is 0 Å². The van der Waals surface area contributed by atoms with Crippen LogP contribution in [0.3, 0.4) is 0 Å². The monoisotopic (exact) mass is 488 g/mol. The van der Waals surface area contributed by atoms with Crippen LogP contribution in [0.15, 0.2) is 83.3 Å². The van der Waals surface area contributed by atoms with Crippen LogP contribution in [0.25, 0.3) is 10.8 Å². The quantitative estimate of drug-likeness (QED) is 0.340. The molecule has 160 valence electrons. The number of hydrogen-bond acceptors (Lipinski definition) is 3. The Morgan fingerprint density at radius 1 is 0.844 bits per heavy atom. The van der Waals surface area contributed by atoms with Crippen molar-refractivity contribution >= 4 is 49.9 Å². The van der Waals surface area contributed by atoms with Gasteiger partial charge >= 0.3 is 0 Å². The van der Waals surface area contributed by atoms with E-state index in [-0.39, 0.29) is 11.8 Å². The Kier molecular flexibility index (Phi) is 6.23. The predicted octanol–water partition coefficient (Wildman–Crippen LogP) is 6.42. The maximum atomic E-state index is 13.1. The van der Waals surface area contributed by atoms with Crippen LogP contribution in [-0.4, -0.2) is 18.9 Å². The predicted molar refractivity (Wildman–Crippen MR) is 132 cm³/mol. The van der Waals surface area contributed by atoms with Gasteiger partial charge in [-0.15, -0.1) is 0 Å². The summed E-state index contributed by atoms with van der Waals surface area (Å²) in [7, 11) is 1.54. The average molecular weight is 489 g/mol. The zero-order chi connectivity index (χ0) is 22.7. The molecule has 0 unspecified atom stereocenters. The van der Waals surface area contributed by atoms with E-state index in [2.05, 4.69) is 26.6 Å². The number of carbonyl (C=O) groups excluding carboxylic acids is 2. The molecule has 4 aromatic rings. The molecule has 0 radical (unpaired) electrons. The van der Waals surface area contributed by atoms with E-state index in [1.165, 1.54) is 0 Å². The zero-order valence-electron chi connectivity index (χ0n) is 17.6. The van der Waals surface area contributed by atoms with Crippen LogP contribution >= 0.6 is 15.9 Å². The highest BCUT2D eigenvalue weighted by molar-refractivity contribution is 9.10. The van der Waals surface area contributed by atoms with Gasteiger partial charge in [-0.05, 0) is 75.6 Å². The van der Waals surface area contributed by atoms with Crippen LogP contribution in [0, 0.1) is 6.92 Å². The molecule has 2 amide bonds. The number of aryl methyl sites for hydroxylation is 1. The number of fused-ring (bicyclic) bond motifs is 1. The first-order chi connectivity index (χ1) is 15.5. The third-order valence-corrected chi connectivity index (χ3v) is 5.95. The van der Waals surface area contributed by atoms with E-state index in [0.717, 1.165) is 20.8 Å². The minimum Gasteiger partial charge on any atom is -0.495 e. The molecule has 0 aliphatic carbocycles. The number of carbonyl (C=O) groups is 2. The molecule has 0 atom stereocenters. The molecule has 4 rings (SSSR count). The Labute approximate surface area is 194 Å². The van der Waals surface area contributed by atoms with Gasteiger partial charge in [0, 0.05) is 16.9 Å². The number of nitrogens with one attached hydrogen (secondary N) is 2. The first-order valence-electron chi connectivity index (χ1n) is 10.0. The molecule has 0 heterocycles. The average Bonchev–Trinajstić information content (AvgIpc) is 2.81. The Balaban J connectivity index is 1.57. The fourth-order valence-electron chi connectivity index (χ4n) is 3.52. The summed E-state index contributed by atoms with van der Waals surface area (Å²) in [5.41, 5.74) is 3.15. The van der Waals surface area contributed by atoms with E-state index >= 15 is 0 Å². The third-order valence-electron chi connectivity index (χ3n) is 5.16. The van der Waals surface area contributed by atoms with Crippen molar-refractivity contribution in [2.45, 2.75) is 6.92 Å². The Morgan fingerprint density at radius 3 is 2.28 bits per heavy atom. The number of hydrogen-bond donors (Lipinski definition) is 2. The van der Waals surface area contributed by atoms with Gasteiger partial charge < -0.3 is 15.4 Å². The summed E-state index contributed by atoms with van der Waals surface area (Å²) in [4.78, 5) is 25.5. The smallest absolute Gasteiger partial charge is 0.259 e. The van der Waals surface area contributed by atoms with Crippen LogP contribution in [0.2, 0.25) is 0 Å². The van der Waals surface area contributed by atoms with Crippen molar-refractivity contribution in [2.75, 3.05) is 17.7 Å². The van der Waals surface area contributed by atoms with E-state index in [0.29, 0.717) is 28.3 Å². The van der Waals surface area contributed by atoms with Gasteiger partial charge in [-0.25, -0.2) is 0 Å². The molecule has 0 spiro atoms. The molecule has 0 fully saturated rings.